The molecule has 0 unspecified atom stereocenters. The fourth-order valence-electron chi connectivity index (χ4n) is 2.16. The molecule has 5 nitrogen and oxygen atoms in total. The number of methoxy groups -OCH3 is 1. The molecular weight excluding hydrogens is 368 g/mol. The van der Waals surface area contributed by atoms with Gasteiger partial charge in [-0.1, -0.05) is 11.3 Å². The van der Waals surface area contributed by atoms with Gasteiger partial charge in [0, 0.05) is 0 Å². The number of benzene rings is 1. The number of halogens is 1. The fraction of sp³-hybridized carbons (Fsp3) is 0.200. The quantitative estimate of drug-likeness (QED) is 0.724. The van der Waals surface area contributed by atoms with Gasteiger partial charge in [-0.05, 0) is 48.0 Å². The number of hydrogen-bond donors (Lipinski definition) is 1. The van der Waals surface area contributed by atoms with Crippen LogP contribution in [0.4, 0.5) is 5.13 Å². The summed E-state index contributed by atoms with van der Waals surface area (Å²) < 4.78 is 12.3. The van der Waals surface area contributed by atoms with Gasteiger partial charge in [0.1, 0.15) is 17.3 Å². The summed E-state index contributed by atoms with van der Waals surface area (Å²) in [6.45, 7) is 3.56. The Bertz CT molecular complexity index is 869. The molecule has 0 aliphatic rings. The van der Waals surface area contributed by atoms with E-state index in [-0.39, 0.29) is 5.91 Å². The largest absolute Gasteiger partial charge is 0.497 e. The SMILES string of the molecule is COc1ccc2nc(NC(=O)c3c(C)oc(C)c3Br)sc2c1. The molecule has 0 aliphatic carbocycles. The number of fused-ring (bicyclic) bond motifs is 1. The van der Waals surface area contributed by atoms with E-state index < -0.39 is 0 Å². The van der Waals surface area contributed by atoms with E-state index in [1.807, 2.05) is 18.2 Å². The van der Waals surface area contributed by atoms with Gasteiger partial charge in [-0.25, -0.2) is 4.98 Å². The monoisotopic (exact) mass is 380 g/mol. The van der Waals surface area contributed by atoms with Crippen molar-refractivity contribution in [2.45, 2.75) is 13.8 Å². The summed E-state index contributed by atoms with van der Waals surface area (Å²) in [5.74, 6) is 1.77. The highest BCUT2D eigenvalue weighted by atomic mass is 79.9. The molecule has 3 aromatic rings. The standard InChI is InChI=1S/C15H13BrN2O3S/c1-7-12(13(16)8(2)21-7)14(19)18-15-17-10-5-4-9(20-3)6-11(10)22-15/h4-6H,1-3H3,(H,17,18,19). The molecule has 0 saturated carbocycles. The zero-order valence-electron chi connectivity index (χ0n) is 12.2. The maximum Gasteiger partial charge on any atom is 0.262 e. The van der Waals surface area contributed by atoms with Gasteiger partial charge in [0.2, 0.25) is 0 Å². The molecule has 1 amide bonds. The minimum atomic E-state index is -0.243. The first kappa shape index (κ1) is 15.1. The Labute approximate surface area is 139 Å². The van der Waals surface area contributed by atoms with E-state index in [2.05, 4.69) is 26.2 Å². The van der Waals surface area contributed by atoms with E-state index in [1.54, 1.807) is 21.0 Å². The number of carbonyl (C=O) groups excluding carboxylic acids is 1. The van der Waals surface area contributed by atoms with Gasteiger partial charge in [0.05, 0.1) is 27.4 Å². The highest BCUT2D eigenvalue weighted by Crippen LogP contribution is 2.31. The van der Waals surface area contributed by atoms with Gasteiger partial charge >= 0.3 is 0 Å². The van der Waals surface area contributed by atoms with Gasteiger partial charge in [-0.15, -0.1) is 0 Å². The number of aromatic nitrogens is 1. The molecule has 1 aromatic carbocycles. The third kappa shape index (κ3) is 2.62. The maximum absolute atomic E-state index is 12.4. The second kappa shape index (κ2) is 5.73. The second-order valence-electron chi connectivity index (χ2n) is 4.71. The van der Waals surface area contributed by atoms with Crippen LogP contribution in [0.2, 0.25) is 0 Å². The highest BCUT2D eigenvalue weighted by molar-refractivity contribution is 9.10. The van der Waals surface area contributed by atoms with Crippen molar-refractivity contribution >= 4 is 48.5 Å². The number of carbonyl (C=O) groups is 1. The smallest absolute Gasteiger partial charge is 0.262 e. The number of furan rings is 1. The molecule has 3 rings (SSSR count). The van der Waals surface area contributed by atoms with Gasteiger partial charge in [0.15, 0.2) is 5.13 Å². The zero-order valence-corrected chi connectivity index (χ0v) is 14.6. The number of ether oxygens (including phenoxy) is 1. The molecular formula is C15H13BrN2O3S. The molecule has 0 aliphatic heterocycles. The topological polar surface area (TPSA) is 64.4 Å². The lowest BCUT2D eigenvalue weighted by Gasteiger charge is -2.00. The average molecular weight is 381 g/mol. The first-order valence-electron chi connectivity index (χ1n) is 6.51. The van der Waals surface area contributed by atoms with Crippen molar-refractivity contribution in [3.05, 3.63) is 39.8 Å². The van der Waals surface area contributed by atoms with Crippen LogP contribution in [0.1, 0.15) is 21.9 Å². The summed E-state index contributed by atoms with van der Waals surface area (Å²) in [6, 6.07) is 5.60. The van der Waals surface area contributed by atoms with Crippen LogP contribution in [0.5, 0.6) is 5.75 Å². The van der Waals surface area contributed by atoms with Crippen LogP contribution >= 0.6 is 27.3 Å². The van der Waals surface area contributed by atoms with E-state index in [0.29, 0.717) is 26.7 Å². The van der Waals surface area contributed by atoms with E-state index in [9.17, 15) is 4.79 Å². The zero-order chi connectivity index (χ0) is 15.9. The predicted octanol–water partition coefficient (Wildman–Crippen LogP) is 4.53. The molecule has 114 valence electrons. The molecule has 0 saturated heterocycles. The summed E-state index contributed by atoms with van der Waals surface area (Å²) in [5, 5.41) is 3.36. The van der Waals surface area contributed by atoms with Gasteiger partial charge in [-0.2, -0.15) is 0 Å². The van der Waals surface area contributed by atoms with Gasteiger partial charge < -0.3 is 9.15 Å². The van der Waals surface area contributed by atoms with Crippen LogP contribution in [0.3, 0.4) is 0 Å². The van der Waals surface area contributed by atoms with Crippen LogP contribution in [-0.4, -0.2) is 18.0 Å². The molecule has 0 fully saturated rings. The molecule has 2 aromatic heterocycles. The third-order valence-electron chi connectivity index (χ3n) is 3.23. The summed E-state index contributed by atoms with van der Waals surface area (Å²) in [5.41, 5.74) is 1.31. The Morgan fingerprint density at radius 3 is 2.77 bits per heavy atom. The van der Waals surface area contributed by atoms with Crippen LogP contribution in [0.25, 0.3) is 10.2 Å². The van der Waals surface area contributed by atoms with Crippen LogP contribution in [-0.2, 0) is 0 Å². The van der Waals surface area contributed by atoms with Crippen LogP contribution < -0.4 is 10.1 Å². The summed E-state index contributed by atoms with van der Waals surface area (Å²) in [6.07, 6.45) is 0. The van der Waals surface area contributed by atoms with E-state index in [1.165, 1.54) is 11.3 Å². The van der Waals surface area contributed by atoms with E-state index >= 15 is 0 Å². The summed E-state index contributed by atoms with van der Waals surface area (Å²) in [7, 11) is 1.62. The van der Waals surface area contributed by atoms with Crippen LogP contribution in [0, 0.1) is 13.8 Å². The lowest BCUT2D eigenvalue weighted by atomic mass is 10.2. The number of nitrogens with zero attached hydrogens (tertiary/aromatic N) is 1. The molecule has 0 radical (unpaired) electrons. The Morgan fingerprint density at radius 1 is 1.36 bits per heavy atom. The summed E-state index contributed by atoms with van der Waals surface area (Å²) >= 11 is 4.78. The highest BCUT2D eigenvalue weighted by Gasteiger charge is 2.21. The predicted molar refractivity (Wildman–Crippen MR) is 90.0 cm³/mol. The normalized spacial score (nSPS) is 10.9. The van der Waals surface area contributed by atoms with Crippen molar-refractivity contribution in [3.63, 3.8) is 0 Å². The Kier molecular flexibility index (Phi) is 3.92. The molecule has 7 heteroatoms. The second-order valence-corrected chi connectivity index (χ2v) is 6.53. The van der Waals surface area contributed by atoms with Crippen molar-refractivity contribution < 1.29 is 13.9 Å². The van der Waals surface area contributed by atoms with Gasteiger partial charge in [0.25, 0.3) is 5.91 Å². The fourth-order valence-corrected chi connectivity index (χ4v) is 3.59. The molecule has 0 bridgehead atoms. The number of anilines is 1. The molecule has 0 atom stereocenters. The minimum Gasteiger partial charge on any atom is -0.497 e. The number of hydrogen-bond acceptors (Lipinski definition) is 5. The minimum absolute atomic E-state index is 0.243. The first-order chi connectivity index (χ1) is 10.5. The third-order valence-corrected chi connectivity index (χ3v) is 5.12. The number of aryl methyl sites for hydroxylation is 2. The van der Waals surface area contributed by atoms with E-state index in [4.69, 9.17) is 9.15 Å². The average Bonchev–Trinajstić information content (AvgIpc) is 2.98. The molecule has 2 heterocycles. The molecule has 0 spiro atoms. The van der Waals surface area contributed by atoms with Crippen molar-refractivity contribution in [2.24, 2.45) is 0 Å². The summed E-state index contributed by atoms with van der Waals surface area (Å²) in [4.78, 5) is 16.8. The number of nitrogens with one attached hydrogen (secondary N) is 1. The van der Waals surface area contributed by atoms with Crippen molar-refractivity contribution in [3.8, 4) is 5.75 Å². The Morgan fingerprint density at radius 2 is 2.14 bits per heavy atom. The lowest BCUT2D eigenvalue weighted by Crippen LogP contribution is -2.12. The lowest BCUT2D eigenvalue weighted by molar-refractivity contribution is 0.102. The molecule has 1 N–H and O–H groups in total. The number of thiazole rings is 1. The Balaban J connectivity index is 1.91. The van der Waals surface area contributed by atoms with Crippen LogP contribution in [0.15, 0.2) is 27.1 Å². The molecule has 22 heavy (non-hydrogen) atoms. The van der Waals surface area contributed by atoms with Crippen molar-refractivity contribution in [2.75, 3.05) is 12.4 Å². The van der Waals surface area contributed by atoms with Gasteiger partial charge in [-0.3, -0.25) is 10.1 Å². The maximum atomic E-state index is 12.4. The van der Waals surface area contributed by atoms with Crippen molar-refractivity contribution in [1.82, 2.24) is 4.98 Å². The first-order valence-corrected chi connectivity index (χ1v) is 8.12. The number of amides is 1. The Hall–Kier alpha value is -1.86. The van der Waals surface area contributed by atoms with Crippen molar-refractivity contribution in [1.29, 1.82) is 0 Å². The van der Waals surface area contributed by atoms with E-state index in [0.717, 1.165) is 16.0 Å². The number of rotatable bonds is 3.